The molecule has 1 amide bonds. The number of aliphatic hydroxyl groups is 1. The molecule has 4 heteroatoms. The molecule has 1 rings (SSSR count). The first kappa shape index (κ1) is 16.7. The lowest BCUT2D eigenvalue weighted by atomic mass is 10.1. The summed E-state index contributed by atoms with van der Waals surface area (Å²) in [5.74, 6) is 6.37. The highest BCUT2D eigenvalue weighted by Gasteiger charge is 2.21. The molecular weight excluding hydrogens is 270 g/mol. The summed E-state index contributed by atoms with van der Waals surface area (Å²) < 4.78 is 0. The van der Waals surface area contributed by atoms with E-state index in [0.29, 0.717) is 22.3 Å². The number of thiophene rings is 1. The van der Waals surface area contributed by atoms with E-state index in [1.807, 2.05) is 16.3 Å². The maximum Gasteiger partial charge on any atom is 0.265 e. The van der Waals surface area contributed by atoms with Crippen molar-refractivity contribution in [3.05, 3.63) is 21.9 Å². The smallest absolute Gasteiger partial charge is 0.265 e. The summed E-state index contributed by atoms with van der Waals surface area (Å²) in [6.07, 6.45) is 0. The van der Waals surface area contributed by atoms with Crippen LogP contribution in [-0.2, 0) is 0 Å². The second-order valence-corrected chi connectivity index (χ2v) is 6.54. The third-order valence-corrected chi connectivity index (χ3v) is 3.52. The molecule has 0 fully saturated rings. The van der Waals surface area contributed by atoms with Crippen LogP contribution in [0.25, 0.3) is 0 Å². The first-order chi connectivity index (χ1) is 9.45. The standard InChI is InChI=1S/C16H23NO2S/c1-12(2)10-17(11-13(3)4)16(19)15-14(6-5-8-18)7-9-20-15/h7,9,12-13,18H,8,10-11H2,1-4H3. The SMILES string of the molecule is CC(C)CN(CC(C)C)C(=O)c1sccc1C#CCO. The molecule has 3 nitrogen and oxygen atoms in total. The number of nitrogens with zero attached hydrogens (tertiary/aromatic N) is 1. The van der Waals surface area contributed by atoms with E-state index in [1.54, 1.807) is 0 Å². The maximum atomic E-state index is 12.7. The molecule has 1 heterocycles. The Morgan fingerprint density at radius 1 is 1.30 bits per heavy atom. The van der Waals surface area contributed by atoms with Crippen LogP contribution in [0.4, 0.5) is 0 Å². The van der Waals surface area contributed by atoms with Gasteiger partial charge in [-0.3, -0.25) is 4.79 Å². The van der Waals surface area contributed by atoms with Crippen molar-refractivity contribution in [2.75, 3.05) is 19.7 Å². The molecule has 1 aromatic rings. The Morgan fingerprint density at radius 2 is 1.90 bits per heavy atom. The van der Waals surface area contributed by atoms with Gasteiger partial charge in [-0.05, 0) is 23.3 Å². The van der Waals surface area contributed by atoms with Gasteiger partial charge >= 0.3 is 0 Å². The summed E-state index contributed by atoms with van der Waals surface area (Å²) in [5, 5.41) is 10.6. The van der Waals surface area contributed by atoms with E-state index < -0.39 is 0 Å². The van der Waals surface area contributed by atoms with Gasteiger partial charge in [0.15, 0.2) is 0 Å². The first-order valence-corrected chi connectivity index (χ1v) is 7.80. The van der Waals surface area contributed by atoms with Gasteiger partial charge in [-0.1, -0.05) is 39.5 Å². The van der Waals surface area contributed by atoms with Gasteiger partial charge in [-0.2, -0.15) is 0 Å². The molecule has 110 valence electrons. The Morgan fingerprint density at radius 3 is 2.40 bits per heavy atom. The van der Waals surface area contributed by atoms with Gasteiger partial charge in [-0.25, -0.2) is 0 Å². The van der Waals surface area contributed by atoms with E-state index in [-0.39, 0.29) is 12.5 Å². The van der Waals surface area contributed by atoms with Gasteiger partial charge in [-0.15, -0.1) is 11.3 Å². The summed E-state index contributed by atoms with van der Waals surface area (Å²) in [5.41, 5.74) is 0.714. The second kappa shape index (κ2) is 8.08. The average molecular weight is 293 g/mol. The molecule has 0 aliphatic carbocycles. The number of hydrogen-bond acceptors (Lipinski definition) is 3. The van der Waals surface area contributed by atoms with E-state index in [1.165, 1.54) is 11.3 Å². The predicted molar refractivity (Wildman–Crippen MR) is 83.9 cm³/mol. The number of aliphatic hydroxyl groups excluding tert-OH is 1. The molecule has 0 saturated carbocycles. The number of hydrogen-bond donors (Lipinski definition) is 1. The third kappa shape index (κ3) is 4.99. The Labute approximate surface area is 125 Å². The fraction of sp³-hybridized carbons (Fsp3) is 0.562. The summed E-state index contributed by atoms with van der Waals surface area (Å²) in [6, 6.07) is 1.84. The zero-order valence-electron chi connectivity index (χ0n) is 12.6. The lowest BCUT2D eigenvalue weighted by molar-refractivity contribution is 0.0720. The van der Waals surface area contributed by atoms with Gasteiger partial charge in [0.1, 0.15) is 11.5 Å². The molecule has 0 aliphatic heterocycles. The monoisotopic (exact) mass is 293 g/mol. The van der Waals surface area contributed by atoms with Crippen molar-refractivity contribution in [3.63, 3.8) is 0 Å². The van der Waals surface area contributed by atoms with Crippen LogP contribution in [0.3, 0.4) is 0 Å². The molecule has 0 aliphatic rings. The highest BCUT2D eigenvalue weighted by molar-refractivity contribution is 7.12. The minimum Gasteiger partial charge on any atom is -0.384 e. The van der Waals surface area contributed by atoms with Crippen LogP contribution in [0.2, 0.25) is 0 Å². The van der Waals surface area contributed by atoms with Crippen molar-refractivity contribution >= 4 is 17.2 Å². The highest BCUT2D eigenvalue weighted by atomic mass is 32.1. The average Bonchev–Trinajstić information content (AvgIpc) is 2.81. The van der Waals surface area contributed by atoms with Crippen LogP contribution < -0.4 is 0 Å². The van der Waals surface area contributed by atoms with Gasteiger partial charge in [0.2, 0.25) is 0 Å². The molecule has 0 unspecified atom stereocenters. The number of carbonyl (C=O) groups is 1. The van der Waals surface area contributed by atoms with Crippen molar-refractivity contribution in [3.8, 4) is 11.8 Å². The minimum absolute atomic E-state index is 0.0460. The molecular formula is C16H23NO2S. The van der Waals surface area contributed by atoms with E-state index in [9.17, 15) is 4.79 Å². The largest absolute Gasteiger partial charge is 0.384 e. The quantitative estimate of drug-likeness (QED) is 0.848. The number of carbonyl (C=O) groups excluding carboxylic acids is 1. The van der Waals surface area contributed by atoms with Crippen molar-refractivity contribution in [2.45, 2.75) is 27.7 Å². The van der Waals surface area contributed by atoms with Crippen LogP contribution in [0.5, 0.6) is 0 Å². The first-order valence-electron chi connectivity index (χ1n) is 6.92. The molecule has 0 radical (unpaired) electrons. The Balaban J connectivity index is 2.96. The van der Waals surface area contributed by atoms with E-state index in [4.69, 9.17) is 5.11 Å². The zero-order chi connectivity index (χ0) is 15.1. The van der Waals surface area contributed by atoms with Gasteiger partial charge in [0.25, 0.3) is 5.91 Å². The predicted octanol–water partition coefficient (Wildman–Crippen LogP) is 2.85. The summed E-state index contributed by atoms with van der Waals surface area (Å²) in [7, 11) is 0. The summed E-state index contributed by atoms with van der Waals surface area (Å²) in [4.78, 5) is 15.2. The van der Waals surface area contributed by atoms with Crippen molar-refractivity contribution in [1.82, 2.24) is 4.90 Å². The van der Waals surface area contributed by atoms with Crippen molar-refractivity contribution < 1.29 is 9.90 Å². The Bertz CT molecular complexity index is 484. The van der Waals surface area contributed by atoms with Crippen LogP contribution in [-0.4, -0.2) is 35.6 Å². The minimum atomic E-state index is -0.189. The second-order valence-electron chi connectivity index (χ2n) is 5.62. The maximum absolute atomic E-state index is 12.7. The van der Waals surface area contributed by atoms with Crippen molar-refractivity contribution in [1.29, 1.82) is 0 Å². The lowest BCUT2D eigenvalue weighted by Gasteiger charge is -2.26. The molecule has 0 bridgehead atoms. The van der Waals surface area contributed by atoms with Crippen LogP contribution in [0.15, 0.2) is 11.4 Å². The molecule has 1 N–H and O–H groups in total. The lowest BCUT2D eigenvalue weighted by Crippen LogP contribution is -2.36. The zero-order valence-corrected chi connectivity index (χ0v) is 13.5. The number of rotatable bonds is 5. The van der Waals surface area contributed by atoms with E-state index in [0.717, 1.165) is 13.1 Å². The number of amides is 1. The Hall–Kier alpha value is -1.31. The fourth-order valence-electron chi connectivity index (χ4n) is 1.97. The van der Waals surface area contributed by atoms with Gasteiger partial charge < -0.3 is 10.0 Å². The van der Waals surface area contributed by atoms with Crippen LogP contribution in [0, 0.1) is 23.7 Å². The summed E-state index contributed by atoms with van der Waals surface area (Å²) >= 11 is 1.42. The van der Waals surface area contributed by atoms with E-state index >= 15 is 0 Å². The molecule has 0 saturated heterocycles. The van der Waals surface area contributed by atoms with Crippen molar-refractivity contribution in [2.24, 2.45) is 11.8 Å². The van der Waals surface area contributed by atoms with E-state index in [2.05, 4.69) is 39.5 Å². The van der Waals surface area contributed by atoms with Gasteiger partial charge in [0, 0.05) is 18.7 Å². The fourth-order valence-corrected chi connectivity index (χ4v) is 2.79. The summed E-state index contributed by atoms with van der Waals surface area (Å²) in [6.45, 7) is 9.76. The Kier molecular flexibility index (Phi) is 6.77. The third-order valence-electron chi connectivity index (χ3n) is 2.62. The van der Waals surface area contributed by atoms with Gasteiger partial charge in [0.05, 0.1) is 0 Å². The topological polar surface area (TPSA) is 40.5 Å². The molecule has 0 aromatic carbocycles. The molecule has 20 heavy (non-hydrogen) atoms. The molecule has 0 atom stereocenters. The molecule has 1 aromatic heterocycles. The normalized spacial score (nSPS) is 10.6. The molecule has 0 spiro atoms. The van der Waals surface area contributed by atoms with Crippen LogP contribution in [0.1, 0.15) is 42.9 Å². The van der Waals surface area contributed by atoms with Crippen LogP contribution >= 0.6 is 11.3 Å². The highest BCUT2D eigenvalue weighted by Crippen LogP contribution is 2.19.